The van der Waals surface area contributed by atoms with Gasteiger partial charge in [0, 0.05) is 23.9 Å². The molecule has 0 spiro atoms. The van der Waals surface area contributed by atoms with Crippen molar-refractivity contribution in [2.24, 2.45) is 0 Å². The molecule has 1 N–H and O–H groups in total. The highest BCUT2D eigenvalue weighted by Gasteiger charge is 2.32. The molecule has 0 saturated heterocycles. The van der Waals surface area contributed by atoms with Crippen molar-refractivity contribution in [2.45, 2.75) is 56.6 Å². The number of aliphatic hydroxyl groups is 1. The third-order valence-electron chi connectivity index (χ3n) is 4.53. The van der Waals surface area contributed by atoms with Crippen LogP contribution in [0.4, 0.5) is 0 Å². The molecule has 0 bridgehead atoms. The van der Waals surface area contributed by atoms with Gasteiger partial charge in [-0.2, -0.15) is 5.10 Å². The van der Waals surface area contributed by atoms with Crippen molar-refractivity contribution in [1.82, 2.24) is 19.7 Å². The van der Waals surface area contributed by atoms with Gasteiger partial charge in [0.25, 0.3) is 0 Å². The molecule has 0 unspecified atom stereocenters. The van der Waals surface area contributed by atoms with E-state index >= 15 is 0 Å². The lowest BCUT2D eigenvalue weighted by molar-refractivity contribution is 0.120. The normalized spacial score (nSPS) is 26.0. The maximum absolute atomic E-state index is 9.70. The summed E-state index contributed by atoms with van der Waals surface area (Å²) in [7, 11) is 0. The molecule has 2 aromatic rings. The molecule has 21 heavy (non-hydrogen) atoms. The van der Waals surface area contributed by atoms with E-state index < -0.39 is 0 Å². The fourth-order valence-corrected chi connectivity index (χ4v) is 3.15. The topological polar surface area (TPSA) is 63.8 Å². The second-order valence-corrected chi connectivity index (χ2v) is 6.22. The molecule has 0 aromatic carbocycles. The Labute approximate surface area is 124 Å². The van der Waals surface area contributed by atoms with Crippen LogP contribution in [0.1, 0.15) is 56.3 Å². The summed E-state index contributed by atoms with van der Waals surface area (Å²) < 4.78 is 2.14. The zero-order valence-electron chi connectivity index (χ0n) is 12.0. The van der Waals surface area contributed by atoms with Crippen LogP contribution < -0.4 is 0 Å². The lowest BCUT2D eigenvalue weighted by atomic mass is 9.87. The minimum Gasteiger partial charge on any atom is -0.393 e. The molecule has 5 heteroatoms. The van der Waals surface area contributed by atoms with Gasteiger partial charge < -0.3 is 5.11 Å². The number of pyridine rings is 1. The van der Waals surface area contributed by atoms with E-state index in [2.05, 4.69) is 9.67 Å². The molecule has 0 atom stereocenters. The number of aliphatic hydroxyl groups excluding tert-OH is 1. The Bertz CT molecular complexity index is 612. The molecule has 0 radical (unpaired) electrons. The van der Waals surface area contributed by atoms with E-state index in [9.17, 15) is 5.11 Å². The lowest BCUT2D eigenvalue weighted by Crippen LogP contribution is -2.19. The highest BCUT2D eigenvalue weighted by molar-refractivity contribution is 5.52. The Morgan fingerprint density at radius 1 is 1.10 bits per heavy atom. The zero-order chi connectivity index (χ0) is 14.2. The standard InChI is InChI=1S/C16H20N4O/c21-14-7-3-11(4-8-14)16-18-15(12-2-1-9-17-10-12)19-20(16)13-5-6-13/h1-2,9-11,13-14,21H,3-8H2. The van der Waals surface area contributed by atoms with Crippen molar-refractivity contribution >= 4 is 0 Å². The predicted molar refractivity (Wildman–Crippen MR) is 78.7 cm³/mol. The Balaban J connectivity index is 1.67. The minimum absolute atomic E-state index is 0.128. The molecule has 2 fully saturated rings. The van der Waals surface area contributed by atoms with E-state index in [1.54, 1.807) is 6.20 Å². The van der Waals surface area contributed by atoms with Gasteiger partial charge in [-0.1, -0.05) is 0 Å². The Kier molecular flexibility index (Phi) is 3.22. The summed E-state index contributed by atoms with van der Waals surface area (Å²) >= 11 is 0. The van der Waals surface area contributed by atoms with Crippen LogP contribution in [-0.4, -0.2) is 31.0 Å². The van der Waals surface area contributed by atoms with Gasteiger partial charge >= 0.3 is 0 Å². The van der Waals surface area contributed by atoms with Crippen LogP contribution >= 0.6 is 0 Å². The molecule has 0 aliphatic heterocycles. The van der Waals surface area contributed by atoms with Crippen LogP contribution in [-0.2, 0) is 0 Å². The van der Waals surface area contributed by atoms with Crippen molar-refractivity contribution in [2.75, 3.05) is 0 Å². The molecular weight excluding hydrogens is 264 g/mol. The first-order chi connectivity index (χ1) is 10.3. The Morgan fingerprint density at radius 2 is 1.90 bits per heavy atom. The van der Waals surface area contributed by atoms with Gasteiger partial charge in [-0.3, -0.25) is 4.98 Å². The maximum atomic E-state index is 9.70. The van der Waals surface area contributed by atoms with Gasteiger partial charge in [-0.15, -0.1) is 0 Å². The van der Waals surface area contributed by atoms with E-state index in [0.29, 0.717) is 12.0 Å². The molecule has 2 aromatic heterocycles. The van der Waals surface area contributed by atoms with E-state index in [-0.39, 0.29) is 6.10 Å². The van der Waals surface area contributed by atoms with Crippen molar-refractivity contribution in [3.05, 3.63) is 30.4 Å². The van der Waals surface area contributed by atoms with Crippen LogP contribution in [0, 0.1) is 0 Å². The molecule has 2 saturated carbocycles. The summed E-state index contributed by atoms with van der Waals surface area (Å²) in [6.07, 6.45) is 9.66. The second-order valence-electron chi connectivity index (χ2n) is 6.22. The summed E-state index contributed by atoms with van der Waals surface area (Å²) in [5.74, 6) is 2.34. The monoisotopic (exact) mass is 284 g/mol. The van der Waals surface area contributed by atoms with Crippen LogP contribution in [0.15, 0.2) is 24.5 Å². The quantitative estimate of drug-likeness (QED) is 0.941. The summed E-state index contributed by atoms with van der Waals surface area (Å²) in [5.41, 5.74) is 0.981. The number of aromatic nitrogens is 4. The largest absolute Gasteiger partial charge is 0.393 e. The van der Waals surface area contributed by atoms with Gasteiger partial charge in [0.1, 0.15) is 5.82 Å². The minimum atomic E-state index is -0.128. The molecule has 2 heterocycles. The van der Waals surface area contributed by atoms with E-state index in [1.807, 2.05) is 18.3 Å². The average molecular weight is 284 g/mol. The number of nitrogens with zero attached hydrogens (tertiary/aromatic N) is 4. The second kappa shape index (κ2) is 5.22. The van der Waals surface area contributed by atoms with Gasteiger partial charge in [0.05, 0.1) is 12.1 Å². The van der Waals surface area contributed by atoms with Crippen LogP contribution in [0.3, 0.4) is 0 Å². The smallest absolute Gasteiger partial charge is 0.182 e. The van der Waals surface area contributed by atoms with E-state index in [1.165, 1.54) is 12.8 Å². The first-order valence-corrected chi connectivity index (χ1v) is 7.86. The summed E-state index contributed by atoms with van der Waals surface area (Å²) in [6.45, 7) is 0. The zero-order valence-corrected chi connectivity index (χ0v) is 12.0. The van der Waals surface area contributed by atoms with Crippen LogP contribution in [0.5, 0.6) is 0 Å². The highest BCUT2D eigenvalue weighted by Crippen LogP contribution is 2.40. The van der Waals surface area contributed by atoms with E-state index in [4.69, 9.17) is 10.1 Å². The maximum Gasteiger partial charge on any atom is 0.182 e. The fraction of sp³-hybridized carbons (Fsp3) is 0.562. The molecular formula is C16H20N4O. The predicted octanol–water partition coefficient (Wildman–Crippen LogP) is 2.69. The number of hydrogen-bond donors (Lipinski definition) is 1. The van der Waals surface area contributed by atoms with Crippen molar-refractivity contribution in [3.63, 3.8) is 0 Å². The number of rotatable bonds is 3. The van der Waals surface area contributed by atoms with Crippen molar-refractivity contribution in [3.8, 4) is 11.4 Å². The van der Waals surface area contributed by atoms with E-state index in [0.717, 1.165) is 42.9 Å². The Morgan fingerprint density at radius 3 is 2.57 bits per heavy atom. The van der Waals surface area contributed by atoms with Crippen LogP contribution in [0.25, 0.3) is 11.4 Å². The molecule has 0 amide bonds. The summed E-state index contributed by atoms with van der Waals surface area (Å²) in [5, 5.41) is 14.4. The fourth-order valence-electron chi connectivity index (χ4n) is 3.15. The van der Waals surface area contributed by atoms with Crippen molar-refractivity contribution < 1.29 is 5.11 Å². The van der Waals surface area contributed by atoms with Gasteiger partial charge in [0.15, 0.2) is 5.82 Å². The molecule has 2 aliphatic rings. The summed E-state index contributed by atoms with van der Waals surface area (Å²) in [4.78, 5) is 8.98. The first kappa shape index (κ1) is 13.0. The van der Waals surface area contributed by atoms with Crippen molar-refractivity contribution in [1.29, 1.82) is 0 Å². The summed E-state index contributed by atoms with van der Waals surface area (Å²) in [6, 6.07) is 4.46. The Hall–Kier alpha value is -1.75. The third-order valence-corrected chi connectivity index (χ3v) is 4.53. The van der Waals surface area contributed by atoms with Gasteiger partial charge in [0.2, 0.25) is 0 Å². The van der Waals surface area contributed by atoms with Gasteiger partial charge in [-0.05, 0) is 50.7 Å². The highest BCUT2D eigenvalue weighted by atomic mass is 16.3. The molecule has 2 aliphatic carbocycles. The molecule has 4 rings (SSSR count). The molecule has 5 nitrogen and oxygen atoms in total. The lowest BCUT2D eigenvalue weighted by Gasteiger charge is -2.24. The molecule has 110 valence electrons. The SMILES string of the molecule is OC1CCC(c2nc(-c3cccnc3)nn2C2CC2)CC1. The number of hydrogen-bond acceptors (Lipinski definition) is 4. The third kappa shape index (κ3) is 2.58. The van der Waals surface area contributed by atoms with Crippen LogP contribution in [0.2, 0.25) is 0 Å². The van der Waals surface area contributed by atoms with Gasteiger partial charge in [-0.25, -0.2) is 9.67 Å². The first-order valence-electron chi connectivity index (χ1n) is 7.86. The average Bonchev–Trinajstić information content (AvgIpc) is 3.28.